The molecule has 0 N–H and O–H groups in total. The van der Waals surface area contributed by atoms with Crippen molar-refractivity contribution in [3.05, 3.63) is 126 Å². The third-order valence-corrected chi connectivity index (χ3v) is 11.5. The molecule has 0 fully saturated rings. The first kappa shape index (κ1) is 37.7. The molecule has 0 saturated carbocycles. The summed E-state index contributed by atoms with van der Waals surface area (Å²) in [6, 6.07) is 32.9. The second kappa shape index (κ2) is 15.1. The number of fused-ring (bicyclic) bond motifs is 2. The van der Waals surface area contributed by atoms with E-state index < -0.39 is 5.92 Å². The highest BCUT2D eigenvalue weighted by molar-refractivity contribution is 6.08. The average Bonchev–Trinajstić information content (AvgIpc) is 3.19. The van der Waals surface area contributed by atoms with Crippen molar-refractivity contribution < 1.29 is 14.3 Å². The van der Waals surface area contributed by atoms with E-state index in [0.717, 1.165) is 52.2 Å². The van der Waals surface area contributed by atoms with Gasteiger partial charge in [0.05, 0.1) is 43.6 Å². The number of pyridine rings is 2. The number of ether oxygens (including phenoxy) is 2. The molecule has 53 heavy (non-hydrogen) atoms. The molecule has 0 spiro atoms. The fraction of sp³-hybridized carbons (Fsp3) is 0.340. The molecule has 6 heteroatoms. The van der Waals surface area contributed by atoms with Crippen molar-refractivity contribution >= 4 is 44.8 Å². The third kappa shape index (κ3) is 6.93. The van der Waals surface area contributed by atoms with E-state index in [0.29, 0.717) is 28.6 Å². The summed E-state index contributed by atoms with van der Waals surface area (Å²) in [7, 11) is 3.33. The molecule has 2 heterocycles. The highest BCUT2D eigenvalue weighted by atomic mass is 16.5. The first-order valence-electron chi connectivity index (χ1n) is 18.9. The van der Waals surface area contributed by atoms with Crippen LogP contribution >= 0.6 is 0 Å². The van der Waals surface area contributed by atoms with Crippen molar-refractivity contribution in [3.8, 4) is 11.5 Å². The summed E-state index contributed by atoms with van der Waals surface area (Å²) in [6.07, 6.45) is 7.98. The first-order chi connectivity index (χ1) is 25.4. The van der Waals surface area contributed by atoms with E-state index in [2.05, 4.69) is 90.1 Å². The quantitative estimate of drug-likeness (QED) is 0.112. The normalized spacial score (nSPS) is 12.9. The largest absolute Gasteiger partial charge is 0.491 e. The second-order valence-electron chi connectivity index (χ2n) is 15.6. The highest BCUT2D eigenvalue weighted by Crippen LogP contribution is 2.56. The van der Waals surface area contributed by atoms with Crippen molar-refractivity contribution in [2.45, 2.75) is 90.9 Å². The van der Waals surface area contributed by atoms with E-state index in [4.69, 9.17) is 19.4 Å². The number of carbonyl (C=O) groups excluding carboxylic acids is 1. The number of rotatable bonds is 13. The van der Waals surface area contributed by atoms with Crippen LogP contribution in [-0.4, -0.2) is 30.1 Å². The highest BCUT2D eigenvalue weighted by Gasteiger charge is 2.52. The lowest BCUT2D eigenvalue weighted by Crippen LogP contribution is -2.48. The summed E-state index contributed by atoms with van der Waals surface area (Å²) < 4.78 is 12.3. The van der Waals surface area contributed by atoms with Gasteiger partial charge in [-0.2, -0.15) is 4.48 Å². The molecular weight excluding hydrogens is 655 g/mol. The van der Waals surface area contributed by atoms with Gasteiger partial charge in [-0.3, -0.25) is 0 Å². The molecule has 0 aliphatic heterocycles. The standard InChI is InChI=1S/C47H54N3O3/c1-10-12-25-47(6,7)36-23-21-33(22-24-36)32(3)45(51)50(38-26-34-17-13-15-19-40(34)48-30-38,39-27-35-18-14-16-20-41(35)49-31-39)44-42(52-8)28-37(29-43(44)53-9)46(4,5)11-2/h13-24,26-32H,10-12,25H2,1-9H3/q+1. The monoisotopic (exact) mass is 708 g/mol. The van der Waals surface area contributed by atoms with Crippen LogP contribution in [0.25, 0.3) is 21.8 Å². The van der Waals surface area contributed by atoms with Crippen LogP contribution in [-0.2, 0) is 15.6 Å². The predicted octanol–water partition coefficient (Wildman–Crippen LogP) is 12.3. The SMILES string of the molecule is CCCCC(C)(C)c1ccc(C(C)C(=O)[N+](c2cnc3ccccc3c2)(c2cnc3ccccc3c2)c2c(OC)cc(C(C)(C)CC)cc2OC)cc1. The average molecular weight is 709 g/mol. The number of amides is 1. The minimum absolute atomic E-state index is 0.0316. The number of nitrogens with zero attached hydrogens (tertiary/aromatic N) is 3. The van der Waals surface area contributed by atoms with Crippen LogP contribution in [0.1, 0.15) is 96.8 Å². The van der Waals surface area contributed by atoms with E-state index in [-0.39, 0.29) is 21.2 Å². The summed E-state index contributed by atoms with van der Waals surface area (Å²) in [5, 5.41) is 1.84. The van der Waals surface area contributed by atoms with Gasteiger partial charge in [0, 0.05) is 22.9 Å². The van der Waals surface area contributed by atoms with Gasteiger partial charge in [-0.15, -0.1) is 0 Å². The van der Waals surface area contributed by atoms with E-state index in [1.807, 2.05) is 67.8 Å². The van der Waals surface area contributed by atoms with E-state index >= 15 is 4.79 Å². The van der Waals surface area contributed by atoms with E-state index in [1.165, 1.54) is 12.0 Å². The van der Waals surface area contributed by atoms with Crippen LogP contribution in [0, 0.1) is 0 Å². The first-order valence-corrected chi connectivity index (χ1v) is 18.9. The van der Waals surface area contributed by atoms with Crippen LogP contribution in [0.2, 0.25) is 0 Å². The lowest BCUT2D eigenvalue weighted by atomic mass is 9.79. The number of hydrogen-bond acceptors (Lipinski definition) is 5. The molecule has 274 valence electrons. The molecule has 6 nitrogen and oxygen atoms in total. The Morgan fingerprint density at radius 2 is 1.21 bits per heavy atom. The molecule has 0 radical (unpaired) electrons. The van der Waals surface area contributed by atoms with Crippen molar-refractivity contribution in [3.63, 3.8) is 0 Å². The lowest BCUT2D eigenvalue weighted by molar-refractivity contribution is -0.126. The summed E-state index contributed by atoms with van der Waals surface area (Å²) in [5.41, 5.74) is 6.69. The summed E-state index contributed by atoms with van der Waals surface area (Å²) in [4.78, 5) is 26.0. The number of quaternary nitrogens is 1. The maximum atomic E-state index is 16.1. The zero-order valence-corrected chi connectivity index (χ0v) is 32.9. The number of methoxy groups -OCH3 is 2. The van der Waals surface area contributed by atoms with Gasteiger partial charge in [0.1, 0.15) is 0 Å². The maximum absolute atomic E-state index is 16.1. The molecule has 1 atom stereocenters. The van der Waals surface area contributed by atoms with Gasteiger partial charge >= 0.3 is 5.91 Å². The summed E-state index contributed by atoms with van der Waals surface area (Å²) >= 11 is 0. The van der Waals surface area contributed by atoms with Gasteiger partial charge in [0.25, 0.3) is 0 Å². The third-order valence-electron chi connectivity index (χ3n) is 11.5. The minimum Gasteiger partial charge on any atom is -0.491 e. The van der Waals surface area contributed by atoms with Crippen LogP contribution < -0.4 is 14.0 Å². The Kier molecular flexibility index (Phi) is 10.7. The Bertz CT molecular complexity index is 2130. The molecule has 0 saturated heterocycles. The number of unbranched alkanes of at least 4 members (excludes halogenated alkanes) is 1. The zero-order valence-electron chi connectivity index (χ0n) is 32.9. The van der Waals surface area contributed by atoms with Crippen LogP contribution in [0.5, 0.6) is 11.5 Å². The van der Waals surface area contributed by atoms with Crippen molar-refractivity contribution in [1.82, 2.24) is 14.5 Å². The summed E-state index contributed by atoms with van der Waals surface area (Å²) in [5.74, 6) is 0.463. The van der Waals surface area contributed by atoms with Gasteiger partial charge in [0.15, 0.2) is 22.9 Å². The van der Waals surface area contributed by atoms with Crippen LogP contribution in [0.15, 0.2) is 109 Å². The van der Waals surface area contributed by atoms with E-state index in [1.54, 1.807) is 14.2 Å². The maximum Gasteiger partial charge on any atom is 0.336 e. The molecule has 0 bridgehead atoms. The van der Waals surface area contributed by atoms with Crippen LogP contribution in [0.3, 0.4) is 0 Å². The Balaban J connectivity index is 1.70. The number of para-hydroxylation sites is 2. The Morgan fingerprint density at radius 3 is 1.68 bits per heavy atom. The molecule has 1 unspecified atom stereocenters. The lowest BCUT2D eigenvalue weighted by Gasteiger charge is -2.38. The molecule has 0 aliphatic carbocycles. The topological polar surface area (TPSA) is 61.3 Å². The Morgan fingerprint density at radius 1 is 0.698 bits per heavy atom. The van der Waals surface area contributed by atoms with Crippen molar-refractivity contribution in [2.75, 3.05) is 14.2 Å². The smallest absolute Gasteiger partial charge is 0.336 e. The predicted molar refractivity (Wildman–Crippen MR) is 220 cm³/mol. The van der Waals surface area contributed by atoms with Crippen molar-refractivity contribution in [2.24, 2.45) is 0 Å². The molecule has 4 aromatic carbocycles. The molecule has 6 rings (SSSR count). The fourth-order valence-electron chi connectivity index (χ4n) is 7.50. The summed E-state index contributed by atoms with van der Waals surface area (Å²) in [6.45, 7) is 15.4. The van der Waals surface area contributed by atoms with Crippen LogP contribution in [0.4, 0.5) is 17.1 Å². The van der Waals surface area contributed by atoms with E-state index in [9.17, 15) is 0 Å². The molecular formula is C47H54N3O3+. The molecule has 0 aliphatic rings. The number of aromatic nitrogens is 2. The Hall–Kier alpha value is -5.07. The van der Waals surface area contributed by atoms with Gasteiger partial charge in [-0.25, -0.2) is 14.8 Å². The van der Waals surface area contributed by atoms with Gasteiger partial charge in [0.2, 0.25) is 5.69 Å². The molecule has 6 aromatic rings. The van der Waals surface area contributed by atoms with Crippen molar-refractivity contribution in [1.29, 1.82) is 0 Å². The zero-order chi connectivity index (χ0) is 38.0. The Labute approximate surface area is 315 Å². The second-order valence-corrected chi connectivity index (χ2v) is 15.6. The number of carbonyl (C=O) groups is 1. The van der Waals surface area contributed by atoms with Gasteiger partial charge in [-0.05, 0) is 71.6 Å². The molecule has 1 amide bonds. The minimum atomic E-state index is -0.554. The van der Waals surface area contributed by atoms with Gasteiger partial charge < -0.3 is 9.47 Å². The van der Waals surface area contributed by atoms with Gasteiger partial charge in [-0.1, -0.05) is 115 Å². The number of hydrogen-bond donors (Lipinski definition) is 0. The fourth-order valence-corrected chi connectivity index (χ4v) is 7.50. The number of benzene rings is 4. The molecule has 2 aromatic heterocycles.